The molecule has 2 atom stereocenters. The molecule has 1 fully saturated rings. The Kier molecular flexibility index (Phi) is 2.43. The van der Waals surface area contributed by atoms with E-state index in [4.69, 9.17) is 9.84 Å². The standard InChI is InChI=1S/C11H12O2/c12-8-4-7-10-11(13-10)9-5-2-1-3-6-9/h1-7,10-12H,8H2/b7-4+/t10-,11-/m0/s1. The summed E-state index contributed by atoms with van der Waals surface area (Å²) in [6.45, 7) is 0.0847. The van der Waals surface area contributed by atoms with Crippen molar-refractivity contribution in [2.24, 2.45) is 0 Å². The molecule has 2 heteroatoms. The third kappa shape index (κ3) is 1.97. The summed E-state index contributed by atoms with van der Waals surface area (Å²) < 4.78 is 5.41. The van der Waals surface area contributed by atoms with Gasteiger partial charge in [-0.1, -0.05) is 42.5 Å². The number of aliphatic hydroxyl groups excluding tert-OH is 1. The number of benzene rings is 1. The highest BCUT2D eigenvalue weighted by Gasteiger charge is 2.37. The molecular weight excluding hydrogens is 164 g/mol. The van der Waals surface area contributed by atoms with Gasteiger partial charge in [0.05, 0.1) is 6.61 Å². The summed E-state index contributed by atoms with van der Waals surface area (Å²) in [5.74, 6) is 0. The van der Waals surface area contributed by atoms with Gasteiger partial charge in [0, 0.05) is 0 Å². The van der Waals surface area contributed by atoms with Crippen LogP contribution in [0.2, 0.25) is 0 Å². The Labute approximate surface area is 77.5 Å². The van der Waals surface area contributed by atoms with Gasteiger partial charge in [0.15, 0.2) is 0 Å². The van der Waals surface area contributed by atoms with Crippen molar-refractivity contribution in [3.05, 3.63) is 48.0 Å². The molecule has 2 nitrogen and oxygen atoms in total. The molecule has 1 N–H and O–H groups in total. The molecule has 0 radical (unpaired) electrons. The van der Waals surface area contributed by atoms with Crippen molar-refractivity contribution in [3.63, 3.8) is 0 Å². The molecule has 0 amide bonds. The molecule has 1 aromatic carbocycles. The summed E-state index contributed by atoms with van der Waals surface area (Å²) in [4.78, 5) is 0. The molecule has 1 saturated heterocycles. The molecule has 1 aliphatic rings. The maximum Gasteiger partial charge on any atom is 0.113 e. The average molecular weight is 176 g/mol. The lowest BCUT2D eigenvalue weighted by atomic mass is 10.1. The lowest BCUT2D eigenvalue weighted by molar-refractivity contribution is 0.341. The summed E-state index contributed by atoms with van der Waals surface area (Å²) in [7, 11) is 0. The van der Waals surface area contributed by atoms with Gasteiger partial charge in [-0.3, -0.25) is 0 Å². The number of hydrogen-bond acceptors (Lipinski definition) is 2. The number of rotatable bonds is 3. The van der Waals surface area contributed by atoms with Crippen molar-refractivity contribution >= 4 is 0 Å². The number of ether oxygens (including phenoxy) is 1. The van der Waals surface area contributed by atoms with Gasteiger partial charge in [-0.2, -0.15) is 0 Å². The molecule has 68 valence electrons. The average Bonchev–Trinajstić information content (AvgIpc) is 2.95. The van der Waals surface area contributed by atoms with E-state index < -0.39 is 0 Å². The molecule has 0 aliphatic carbocycles. The van der Waals surface area contributed by atoms with Crippen molar-refractivity contribution < 1.29 is 9.84 Å². The Hall–Kier alpha value is -1.12. The minimum atomic E-state index is 0.0847. The van der Waals surface area contributed by atoms with Crippen molar-refractivity contribution in [1.82, 2.24) is 0 Å². The molecule has 0 unspecified atom stereocenters. The van der Waals surface area contributed by atoms with Gasteiger partial charge in [0.1, 0.15) is 12.2 Å². The van der Waals surface area contributed by atoms with E-state index in [2.05, 4.69) is 12.1 Å². The van der Waals surface area contributed by atoms with Crippen LogP contribution in [0.25, 0.3) is 0 Å². The number of aliphatic hydroxyl groups is 1. The first-order valence-corrected chi connectivity index (χ1v) is 4.40. The first-order chi connectivity index (χ1) is 6.42. The highest BCUT2D eigenvalue weighted by Crippen LogP contribution is 2.39. The second kappa shape index (κ2) is 3.73. The molecule has 0 saturated carbocycles. The van der Waals surface area contributed by atoms with Crippen LogP contribution in [0.1, 0.15) is 11.7 Å². The van der Waals surface area contributed by atoms with Gasteiger partial charge in [-0.15, -0.1) is 0 Å². The first-order valence-electron chi connectivity index (χ1n) is 4.40. The molecule has 1 aliphatic heterocycles. The number of epoxide rings is 1. The molecule has 0 aromatic heterocycles. The van der Waals surface area contributed by atoms with E-state index in [0.29, 0.717) is 0 Å². The highest BCUT2D eigenvalue weighted by atomic mass is 16.6. The fourth-order valence-corrected chi connectivity index (χ4v) is 1.38. The Balaban J connectivity index is 1.97. The van der Waals surface area contributed by atoms with Gasteiger partial charge < -0.3 is 9.84 Å². The minimum Gasteiger partial charge on any atom is -0.392 e. The SMILES string of the molecule is OC/C=C/[C@@H]1O[C@H]1c1ccccc1. The van der Waals surface area contributed by atoms with Crippen molar-refractivity contribution in [1.29, 1.82) is 0 Å². The molecular formula is C11H12O2. The summed E-state index contributed by atoms with van der Waals surface area (Å²) >= 11 is 0. The van der Waals surface area contributed by atoms with E-state index in [9.17, 15) is 0 Å². The Morgan fingerprint density at radius 3 is 2.77 bits per heavy atom. The first kappa shape index (κ1) is 8.48. The lowest BCUT2D eigenvalue weighted by Gasteiger charge is -1.91. The van der Waals surface area contributed by atoms with Crippen molar-refractivity contribution in [2.45, 2.75) is 12.2 Å². The predicted molar refractivity (Wildman–Crippen MR) is 50.3 cm³/mol. The monoisotopic (exact) mass is 176 g/mol. The second-order valence-corrected chi connectivity index (χ2v) is 3.04. The van der Waals surface area contributed by atoms with E-state index in [0.717, 1.165) is 0 Å². The van der Waals surface area contributed by atoms with Crippen LogP contribution in [0, 0.1) is 0 Å². The molecule has 13 heavy (non-hydrogen) atoms. The normalized spacial score (nSPS) is 26.5. The quantitative estimate of drug-likeness (QED) is 0.561. The van der Waals surface area contributed by atoms with Crippen LogP contribution < -0.4 is 0 Å². The zero-order chi connectivity index (χ0) is 9.10. The van der Waals surface area contributed by atoms with E-state index in [1.807, 2.05) is 24.3 Å². The largest absolute Gasteiger partial charge is 0.392 e. The van der Waals surface area contributed by atoms with E-state index in [-0.39, 0.29) is 18.8 Å². The third-order valence-electron chi connectivity index (χ3n) is 2.08. The minimum absolute atomic E-state index is 0.0847. The van der Waals surface area contributed by atoms with Crippen LogP contribution in [0.4, 0.5) is 0 Å². The van der Waals surface area contributed by atoms with Crippen LogP contribution in [-0.4, -0.2) is 17.8 Å². The van der Waals surface area contributed by atoms with Gasteiger partial charge in [-0.25, -0.2) is 0 Å². The van der Waals surface area contributed by atoms with Crippen molar-refractivity contribution in [3.8, 4) is 0 Å². The Morgan fingerprint density at radius 1 is 1.31 bits per heavy atom. The van der Waals surface area contributed by atoms with Crippen LogP contribution in [0.15, 0.2) is 42.5 Å². The van der Waals surface area contributed by atoms with Crippen LogP contribution in [0.3, 0.4) is 0 Å². The molecule has 2 rings (SSSR count). The highest BCUT2D eigenvalue weighted by molar-refractivity contribution is 5.24. The van der Waals surface area contributed by atoms with Crippen LogP contribution >= 0.6 is 0 Å². The molecule has 1 aromatic rings. The number of hydrogen-bond donors (Lipinski definition) is 1. The van der Waals surface area contributed by atoms with Gasteiger partial charge >= 0.3 is 0 Å². The van der Waals surface area contributed by atoms with Gasteiger partial charge in [0.25, 0.3) is 0 Å². The van der Waals surface area contributed by atoms with E-state index in [1.54, 1.807) is 6.08 Å². The zero-order valence-corrected chi connectivity index (χ0v) is 7.26. The molecule has 0 bridgehead atoms. The van der Waals surface area contributed by atoms with Crippen LogP contribution in [0.5, 0.6) is 0 Å². The van der Waals surface area contributed by atoms with E-state index in [1.165, 1.54) is 5.56 Å². The Bertz CT molecular complexity index is 292. The van der Waals surface area contributed by atoms with Gasteiger partial charge in [0.2, 0.25) is 0 Å². The topological polar surface area (TPSA) is 32.8 Å². The van der Waals surface area contributed by atoms with Crippen molar-refractivity contribution in [2.75, 3.05) is 6.61 Å². The lowest BCUT2D eigenvalue weighted by Crippen LogP contribution is -1.84. The van der Waals surface area contributed by atoms with Crippen LogP contribution in [-0.2, 0) is 4.74 Å². The molecule has 1 heterocycles. The summed E-state index contributed by atoms with van der Waals surface area (Å²) in [6, 6.07) is 10.1. The fourth-order valence-electron chi connectivity index (χ4n) is 1.38. The Morgan fingerprint density at radius 2 is 2.08 bits per heavy atom. The fraction of sp³-hybridized carbons (Fsp3) is 0.273. The third-order valence-corrected chi connectivity index (χ3v) is 2.08. The zero-order valence-electron chi connectivity index (χ0n) is 7.26. The van der Waals surface area contributed by atoms with Gasteiger partial charge in [-0.05, 0) is 5.56 Å². The maximum atomic E-state index is 8.56. The summed E-state index contributed by atoms with van der Waals surface area (Å²) in [6.07, 6.45) is 3.98. The van der Waals surface area contributed by atoms with E-state index >= 15 is 0 Å². The maximum absolute atomic E-state index is 8.56. The summed E-state index contributed by atoms with van der Waals surface area (Å²) in [5, 5.41) is 8.56. The predicted octanol–water partition coefficient (Wildman–Crippen LogP) is 1.68. The second-order valence-electron chi connectivity index (χ2n) is 3.04. The summed E-state index contributed by atoms with van der Waals surface area (Å²) in [5.41, 5.74) is 1.20. The molecule has 0 spiro atoms. The smallest absolute Gasteiger partial charge is 0.113 e.